The summed E-state index contributed by atoms with van der Waals surface area (Å²) in [7, 11) is 0. The second-order valence-corrected chi connectivity index (χ2v) is 6.98. The topological polar surface area (TPSA) is 30.7 Å². The van der Waals surface area contributed by atoms with Crippen molar-refractivity contribution in [2.24, 2.45) is 11.8 Å². The number of fused-ring (bicyclic) bond motifs is 1. The quantitative estimate of drug-likeness (QED) is 0.754. The zero-order chi connectivity index (χ0) is 15.0. The summed E-state index contributed by atoms with van der Waals surface area (Å²) in [4.78, 5) is 9.27. The molecular weight excluding hydrogens is 305 g/mol. The molecule has 2 aromatic heterocycles. The van der Waals surface area contributed by atoms with Gasteiger partial charge < -0.3 is 4.57 Å². The van der Waals surface area contributed by atoms with Gasteiger partial charge in [-0.2, -0.15) is 0 Å². The first-order chi connectivity index (χ1) is 10.1. The lowest BCUT2D eigenvalue weighted by molar-refractivity contribution is 0.186. The monoisotopic (exact) mass is 325 g/mol. The van der Waals surface area contributed by atoms with Crippen molar-refractivity contribution in [2.45, 2.75) is 45.6 Å². The van der Waals surface area contributed by atoms with Crippen LogP contribution in [0.1, 0.15) is 45.0 Å². The summed E-state index contributed by atoms with van der Waals surface area (Å²) in [5.74, 6) is 2.98. The summed E-state index contributed by atoms with van der Waals surface area (Å²) in [6.45, 7) is 4.70. The van der Waals surface area contributed by atoms with Gasteiger partial charge in [0, 0.05) is 24.5 Å². The first kappa shape index (κ1) is 15.1. The normalized spacial score (nSPS) is 26.4. The number of alkyl halides is 1. The van der Waals surface area contributed by atoms with Crippen LogP contribution in [0.5, 0.6) is 0 Å². The average molecular weight is 326 g/mol. The molecule has 1 aliphatic carbocycles. The Balaban J connectivity index is 2.12. The Kier molecular flexibility index (Phi) is 4.41. The predicted octanol–water partition coefficient (Wildman–Crippen LogP) is 4.86. The number of hydrogen-bond donors (Lipinski definition) is 0. The first-order valence-electron chi connectivity index (χ1n) is 7.70. The third-order valence-corrected chi connectivity index (χ3v) is 5.28. The second-order valence-electron chi connectivity index (χ2n) is 6.17. The number of aromatic nitrogens is 3. The molecule has 1 fully saturated rings. The van der Waals surface area contributed by atoms with Gasteiger partial charge >= 0.3 is 0 Å². The van der Waals surface area contributed by atoms with Gasteiger partial charge in [-0.15, -0.1) is 11.6 Å². The molecule has 0 saturated heterocycles. The van der Waals surface area contributed by atoms with Gasteiger partial charge in [-0.3, -0.25) is 0 Å². The third kappa shape index (κ3) is 2.78. The van der Waals surface area contributed by atoms with E-state index in [1.54, 1.807) is 6.20 Å². The van der Waals surface area contributed by atoms with Gasteiger partial charge in [-0.25, -0.2) is 9.97 Å². The number of nitrogens with zero attached hydrogens (tertiary/aromatic N) is 3. The van der Waals surface area contributed by atoms with E-state index in [-0.39, 0.29) is 0 Å². The van der Waals surface area contributed by atoms with E-state index in [9.17, 15) is 0 Å². The summed E-state index contributed by atoms with van der Waals surface area (Å²) >= 11 is 12.0. The van der Waals surface area contributed by atoms with Gasteiger partial charge in [0.25, 0.3) is 0 Å². The number of halogens is 2. The molecule has 21 heavy (non-hydrogen) atoms. The smallest absolute Gasteiger partial charge is 0.160 e. The molecule has 1 saturated carbocycles. The number of imidazole rings is 1. The minimum absolute atomic E-state index is 0.464. The Hall–Kier alpha value is -0.800. The third-order valence-electron chi connectivity index (χ3n) is 4.88. The van der Waals surface area contributed by atoms with Crippen molar-refractivity contribution in [1.29, 1.82) is 0 Å². The lowest BCUT2D eigenvalue weighted by Crippen LogP contribution is -2.28. The Bertz CT molecular complexity index is 638. The highest BCUT2D eigenvalue weighted by atomic mass is 35.5. The molecule has 2 heterocycles. The number of pyridine rings is 1. The van der Waals surface area contributed by atoms with Crippen LogP contribution in [0.3, 0.4) is 0 Å². The lowest BCUT2D eigenvalue weighted by Gasteiger charge is -2.35. The van der Waals surface area contributed by atoms with E-state index in [0.717, 1.165) is 29.3 Å². The molecule has 114 valence electrons. The molecule has 0 radical (unpaired) electrons. The Morgan fingerprint density at radius 2 is 2.14 bits per heavy atom. The average Bonchev–Trinajstić information content (AvgIpc) is 2.79. The standard InChI is InChI=1S/C16H21Cl2N3/c1-10-4-3-5-14(11(10)2)21-15(6-7-17)20-13-8-12(18)9-19-16(13)21/h8-11,14H,3-7H2,1-2H3. The number of aryl methyl sites for hydroxylation is 1. The maximum Gasteiger partial charge on any atom is 0.160 e. The molecular formula is C16H21Cl2N3. The minimum atomic E-state index is 0.464. The van der Waals surface area contributed by atoms with Crippen LogP contribution in [-0.2, 0) is 6.42 Å². The van der Waals surface area contributed by atoms with Crippen LogP contribution in [0.15, 0.2) is 12.3 Å². The van der Waals surface area contributed by atoms with E-state index in [1.165, 1.54) is 19.3 Å². The van der Waals surface area contributed by atoms with Crippen LogP contribution in [0.4, 0.5) is 0 Å². The molecule has 0 aliphatic heterocycles. The molecule has 0 amide bonds. The summed E-state index contributed by atoms with van der Waals surface area (Å²) in [6.07, 6.45) is 6.26. The highest BCUT2D eigenvalue weighted by Gasteiger charge is 2.31. The SMILES string of the molecule is CC1CCCC(n2c(CCCl)nc3cc(Cl)cnc32)C1C. The zero-order valence-corrected chi connectivity index (χ0v) is 14.0. The first-order valence-corrected chi connectivity index (χ1v) is 8.61. The van der Waals surface area contributed by atoms with Crippen LogP contribution in [0.25, 0.3) is 11.2 Å². The van der Waals surface area contributed by atoms with Gasteiger partial charge in [0.15, 0.2) is 5.65 Å². The van der Waals surface area contributed by atoms with Gasteiger partial charge in [0.05, 0.1) is 5.02 Å². The van der Waals surface area contributed by atoms with Gasteiger partial charge in [0.2, 0.25) is 0 Å². The van der Waals surface area contributed by atoms with Crippen LogP contribution in [-0.4, -0.2) is 20.4 Å². The Labute approximate surface area is 135 Å². The number of hydrogen-bond acceptors (Lipinski definition) is 2. The molecule has 3 nitrogen and oxygen atoms in total. The Morgan fingerprint density at radius 3 is 2.90 bits per heavy atom. The molecule has 3 atom stereocenters. The van der Waals surface area contributed by atoms with Crippen LogP contribution < -0.4 is 0 Å². The molecule has 0 N–H and O–H groups in total. The van der Waals surface area contributed by atoms with Crippen molar-refractivity contribution >= 4 is 34.4 Å². The molecule has 2 aromatic rings. The molecule has 0 spiro atoms. The predicted molar refractivity (Wildman–Crippen MR) is 88.2 cm³/mol. The van der Waals surface area contributed by atoms with E-state index < -0.39 is 0 Å². The van der Waals surface area contributed by atoms with Gasteiger partial charge in [-0.1, -0.05) is 38.3 Å². The second kappa shape index (κ2) is 6.13. The van der Waals surface area contributed by atoms with Crippen molar-refractivity contribution in [3.05, 3.63) is 23.1 Å². The summed E-state index contributed by atoms with van der Waals surface area (Å²) in [6, 6.07) is 2.36. The highest BCUT2D eigenvalue weighted by Crippen LogP contribution is 2.39. The zero-order valence-electron chi connectivity index (χ0n) is 12.5. The van der Waals surface area contributed by atoms with Crippen molar-refractivity contribution in [1.82, 2.24) is 14.5 Å². The lowest BCUT2D eigenvalue weighted by atomic mass is 9.78. The fourth-order valence-electron chi connectivity index (χ4n) is 3.53. The van der Waals surface area contributed by atoms with E-state index in [2.05, 4.69) is 23.4 Å². The van der Waals surface area contributed by atoms with E-state index in [1.807, 2.05) is 6.07 Å². The molecule has 5 heteroatoms. The van der Waals surface area contributed by atoms with Crippen LogP contribution in [0, 0.1) is 11.8 Å². The maximum atomic E-state index is 6.06. The summed E-state index contributed by atoms with van der Waals surface area (Å²) < 4.78 is 2.33. The van der Waals surface area contributed by atoms with E-state index in [0.29, 0.717) is 22.9 Å². The van der Waals surface area contributed by atoms with Crippen molar-refractivity contribution < 1.29 is 0 Å². The fraction of sp³-hybridized carbons (Fsp3) is 0.625. The molecule has 3 rings (SSSR count). The minimum Gasteiger partial charge on any atom is -0.309 e. The number of rotatable bonds is 3. The van der Waals surface area contributed by atoms with Gasteiger partial charge in [-0.05, 0) is 24.3 Å². The van der Waals surface area contributed by atoms with Crippen molar-refractivity contribution in [2.75, 3.05) is 5.88 Å². The van der Waals surface area contributed by atoms with Crippen molar-refractivity contribution in [3.8, 4) is 0 Å². The summed E-state index contributed by atoms with van der Waals surface area (Å²) in [5.41, 5.74) is 1.83. The van der Waals surface area contributed by atoms with E-state index >= 15 is 0 Å². The maximum absolute atomic E-state index is 6.06. The molecule has 3 unspecified atom stereocenters. The Morgan fingerprint density at radius 1 is 1.33 bits per heavy atom. The van der Waals surface area contributed by atoms with E-state index in [4.69, 9.17) is 28.2 Å². The fourth-order valence-corrected chi connectivity index (χ4v) is 3.85. The van der Waals surface area contributed by atoms with Crippen LogP contribution in [0.2, 0.25) is 5.02 Å². The van der Waals surface area contributed by atoms with Gasteiger partial charge in [0.1, 0.15) is 11.3 Å². The molecule has 1 aliphatic rings. The largest absolute Gasteiger partial charge is 0.309 e. The van der Waals surface area contributed by atoms with Crippen molar-refractivity contribution in [3.63, 3.8) is 0 Å². The highest BCUT2D eigenvalue weighted by molar-refractivity contribution is 6.31. The molecule has 0 bridgehead atoms. The summed E-state index contributed by atoms with van der Waals surface area (Å²) in [5, 5.41) is 0.634. The molecule has 0 aromatic carbocycles. The van der Waals surface area contributed by atoms with Crippen LogP contribution >= 0.6 is 23.2 Å².